The monoisotopic (exact) mass is 174 g/mol. The van der Waals surface area contributed by atoms with Gasteiger partial charge in [-0.2, -0.15) is 0 Å². The maximum absolute atomic E-state index is 4.23. The van der Waals surface area contributed by atoms with Crippen molar-refractivity contribution in [3.05, 3.63) is 37.1 Å². The SMILES string of the molecule is C=C/C=C\C=N/CC1=NC=CCC1. The van der Waals surface area contributed by atoms with Crippen LogP contribution in [0.5, 0.6) is 0 Å². The molecule has 0 aromatic heterocycles. The molecule has 2 heteroatoms. The summed E-state index contributed by atoms with van der Waals surface area (Å²) in [5.41, 5.74) is 1.16. The molecule has 0 saturated heterocycles. The molecular formula is C11H14N2. The van der Waals surface area contributed by atoms with Crippen LogP contribution in [0.25, 0.3) is 0 Å². The predicted octanol–water partition coefficient (Wildman–Crippen LogP) is 2.55. The number of aliphatic imine (C=N–C) groups is 2. The molecule has 68 valence electrons. The van der Waals surface area contributed by atoms with E-state index in [-0.39, 0.29) is 0 Å². The molecule has 2 nitrogen and oxygen atoms in total. The van der Waals surface area contributed by atoms with Gasteiger partial charge in [0.05, 0.1) is 6.54 Å². The van der Waals surface area contributed by atoms with Gasteiger partial charge in [0.15, 0.2) is 0 Å². The van der Waals surface area contributed by atoms with E-state index in [9.17, 15) is 0 Å². The van der Waals surface area contributed by atoms with Gasteiger partial charge < -0.3 is 0 Å². The lowest BCUT2D eigenvalue weighted by Crippen LogP contribution is -2.04. The van der Waals surface area contributed by atoms with E-state index in [1.807, 2.05) is 18.4 Å². The maximum atomic E-state index is 4.23. The van der Waals surface area contributed by atoms with Gasteiger partial charge in [-0.25, -0.2) is 0 Å². The Morgan fingerprint density at radius 3 is 3.15 bits per heavy atom. The number of allylic oxidation sites excluding steroid dienone is 4. The van der Waals surface area contributed by atoms with E-state index in [2.05, 4.69) is 22.6 Å². The van der Waals surface area contributed by atoms with E-state index < -0.39 is 0 Å². The average molecular weight is 174 g/mol. The largest absolute Gasteiger partial charge is 0.287 e. The van der Waals surface area contributed by atoms with E-state index in [0.29, 0.717) is 6.54 Å². The predicted molar refractivity (Wildman–Crippen MR) is 58.5 cm³/mol. The minimum atomic E-state index is 0.714. The molecule has 0 aliphatic carbocycles. The molecule has 0 aromatic rings. The summed E-state index contributed by atoms with van der Waals surface area (Å²) in [6.45, 7) is 4.28. The van der Waals surface area contributed by atoms with Crippen molar-refractivity contribution in [1.29, 1.82) is 0 Å². The maximum Gasteiger partial charge on any atom is 0.0772 e. The van der Waals surface area contributed by atoms with Crippen LogP contribution in [0.2, 0.25) is 0 Å². The number of hydrogen-bond donors (Lipinski definition) is 0. The first-order valence-corrected chi connectivity index (χ1v) is 4.41. The number of nitrogens with zero attached hydrogens (tertiary/aromatic N) is 2. The van der Waals surface area contributed by atoms with Gasteiger partial charge in [-0.3, -0.25) is 9.98 Å². The first kappa shape index (κ1) is 9.65. The minimum Gasteiger partial charge on any atom is -0.287 e. The van der Waals surface area contributed by atoms with Crippen molar-refractivity contribution in [1.82, 2.24) is 0 Å². The van der Waals surface area contributed by atoms with Crippen LogP contribution in [0.1, 0.15) is 12.8 Å². The van der Waals surface area contributed by atoms with Crippen molar-refractivity contribution in [3.8, 4) is 0 Å². The summed E-state index contributed by atoms with van der Waals surface area (Å²) in [5.74, 6) is 0. The standard InChI is InChI=1S/C11H14N2/c1-2-3-5-8-12-10-11-7-4-6-9-13-11/h2-3,5-6,8-9H,1,4,7,10H2/b5-3-,12-8-. The third-order valence-electron chi connectivity index (χ3n) is 1.67. The second-order valence-electron chi connectivity index (χ2n) is 2.73. The Hall–Kier alpha value is -1.44. The van der Waals surface area contributed by atoms with Crippen LogP contribution in [-0.2, 0) is 0 Å². The molecule has 0 radical (unpaired) electrons. The molecule has 0 aromatic carbocycles. The van der Waals surface area contributed by atoms with Gasteiger partial charge in [0.2, 0.25) is 0 Å². The quantitative estimate of drug-likeness (QED) is 0.462. The van der Waals surface area contributed by atoms with Crippen LogP contribution in [0.3, 0.4) is 0 Å². The van der Waals surface area contributed by atoms with Crippen LogP contribution in [-0.4, -0.2) is 18.5 Å². The highest BCUT2D eigenvalue weighted by Crippen LogP contribution is 2.02. The minimum absolute atomic E-state index is 0.714. The molecule has 1 aliphatic heterocycles. The van der Waals surface area contributed by atoms with Crippen molar-refractivity contribution in [2.45, 2.75) is 12.8 Å². The Morgan fingerprint density at radius 2 is 2.46 bits per heavy atom. The van der Waals surface area contributed by atoms with Gasteiger partial charge >= 0.3 is 0 Å². The van der Waals surface area contributed by atoms with Gasteiger partial charge in [-0.1, -0.05) is 24.8 Å². The first-order chi connectivity index (χ1) is 6.43. The molecule has 0 atom stereocenters. The van der Waals surface area contributed by atoms with Crippen molar-refractivity contribution in [2.75, 3.05) is 6.54 Å². The summed E-state index contributed by atoms with van der Waals surface area (Å²) in [4.78, 5) is 8.43. The highest BCUT2D eigenvalue weighted by molar-refractivity contribution is 5.89. The molecule has 13 heavy (non-hydrogen) atoms. The van der Waals surface area contributed by atoms with Gasteiger partial charge in [0.25, 0.3) is 0 Å². The zero-order chi connectivity index (χ0) is 9.36. The average Bonchev–Trinajstić information content (AvgIpc) is 2.19. The Kier molecular flexibility index (Phi) is 4.54. The van der Waals surface area contributed by atoms with E-state index >= 15 is 0 Å². The molecule has 1 rings (SSSR count). The lowest BCUT2D eigenvalue weighted by atomic mass is 10.2. The van der Waals surface area contributed by atoms with E-state index in [1.165, 1.54) is 0 Å². The van der Waals surface area contributed by atoms with E-state index in [4.69, 9.17) is 0 Å². The van der Waals surface area contributed by atoms with E-state index in [1.54, 1.807) is 12.3 Å². The molecule has 0 bridgehead atoms. The van der Waals surface area contributed by atoms with Crippen LogP contribution in [0.4, 0.5) is 0 Å². The molecule has 0 amide bonds. The Morgan fingerprint density at radius 1 is 1.54 bits per heavy atom. The van der Waals surface area contributed by atoms with Crippen LogP contribution < -0.4 is 0 Å². The summed E-state index contributed by atoms with van der Waals surface area (Å²) in [6.07, 6.45) is 13.3. The molecule has 0 unspecified atom stereocenters. The third kappa shape index (κ3) is 4.21. The highest BCUT2D eigenvalue weighted by atomic mass is 14.8. The lowest BCUT2D eigenvalue weighted by Gasteiger charge is -2.02. The van der Waals surface area contributed by atoms with Crippen molar-refractivity contribution in [3.63, 3.8) is 0 Å². The zero-order valence-electron chi connectivity index (χ0n) is 7.69. The second-order valence-corrected chi connectivity index (χ2v) is 2.73. The Balaban J connectivity index is 2.29. The highest BCUT2D eigenvalue weighted by Gasteiger charge is 1.98. The van der Waals surface area contributed by atoms with Crippen molar-refractivity contribution < 1.29 is 0 Å². The smallest absolute Gasteiger partial charge is 0.0772 e. The Bertz CT molecular complexity index is 270. The van der Waals surface area contributed by atoms with Crippen molar-refractivity contribution >= 4 is 11.9 Å². The summed E-state index contributed by atoms with van der Waals surface area (Å²) >= 11 is 0. The summed E-state index contributed by atoms with van der Waals surface area (Å²) in [5, 5.41) is 0. The molecule has 1 heterocycles. The molecule has 1 aliphatic rings. The second kappa shape index (κ2) is 6.12. The van der Waals surface area contributed by atoms with Gasteiger partial charge in [-0.15, -0.1) is 0 Å². The number of rotatable bonds is 4. The zero-order valence-corrected chi connectivity index (χ0v) is 7.69. The summed E-state index contributed by atoms with van der Waals surface area (Å²) in [7, 11) is 0. The van der Waals surface area contributed by atoms with Crippen LogP contribution in [0, 0.1) is 0 Å². The van der Waals surface area contributed by atoms with Crippen LogP contribution in [0.15, 0.2) is 47.1 Å². The summed E-state index contributed by atoms with van der Waals surface area (Å²) < 4.78 is 0. The Labute approximate surface area is 79.1 Å². The molecule has 0 spiro atoms. The van der Waals surface area contributed by atoms with Gasteiger partial charge in [0, 0.05) is 18.1 Å². The number of hydrogen-bond acceptors (Lipinski definition) is 2. The molecular weight excluding hydrogens is 160 g/mol. The molecule has 0 saturated carbocycles. The van der Waals surface area contributed by atoms with Gasteiger partial charge in [0.1, 0.15) is 0 Å². The van der Waals surface area contributed by atoms with Crippen molar-refractivity contribution in [2.24, 2.45) is 9.98 Å². The topological polar surface area (TPSA) is 24.7 Å². The fourth-order valence-corrected chi connectivity index (χ4v) is 1.01. The fourth-order valence-electron chi connectivity index (χ4n) is 1.01. The normalized spacial score (nSPS) is 16.8. The van der Waals surface area contributed by atoms with Gasteiger partial charge in [-0.05, 0) is 18.9 Å². The first-order valence-electron chi connectivity index (χ1n) is 4.41. The molecule has 0 N–H and O–H groups in total. The lowest BCUT2D eigenvalue weighted by molar-refractivity contribution is 1.03. The van der Waals surface area contributed by atoms with E-state index in [0.717, 1.165) is 18.6 Å². The summed E-state index contributed by atoms with van der Waals surface area (Å²) in [6, 6.07) is 0. The molecule has 0 fully saturated rings. The third-order valence-corrected chi connectivity index (χ3v) is 1.67. The van der Waals surface area contributed by atoms with Crippen LogP contribution >= 0.6 is 0 Å². The fraction of sp³-hybridized carbons (Fsp3) is 0.273.